The van der Waals surface area contributed by atoms with Gasteiger partial charge in [0.1, 0.15) is 0 Å². The molecule has 1 fully saturated rings. The second-order valence-corrected chi connectivity index (χ2v) is 19.7. The number of para-hydroxylation sites is 3. The van der Waals surface area contributed by atoms with Gasteiger partial charge in [0, 0.05) is 50.9 Å². The molecule has 302 valence electrons. The average molecular weight is 802 g/mol. The summed E-state index contributed by atoms with van der Waals surface area (Å²) in [6.45, 7) is 12.4. The first-order chi connectivity index (χ1) is 30.1. The van der Waals surface area contributed by atoms with Crippen molar-refractivity contribution in [2.45, 2.75) is 76.7 Å². The van der Waals surface area contributed by atoms with Gasteiger partial charge in [-0.05, 0) is 141 Å². The molecule has 3 heterocycles. The Morgan fingerprint density at radius 3 is 2.02 bits per heavy atom. The molecule has 0 aromatic heterocycles. The Balaban J connectivity index is 1.10. The smallest absolute Gasteiger partial charge is 0.252 e. The molecule has 4 aliphatic rings. The monoisotopic (exact) mass is 801 g/mol. The first-order valence-corrected chi connectivity index (χ1v) is 22.7. The van der Waals surface area contributed by atoms with Crippen LogP contribution in [0.5, 0.6) is 0 Å². The minimum atomic E-state index is -0.0385. The van der Waals surface area contributed by atoms with Crippen LogP contribution in [0.1, 0.15) is 71.4 Å². The molecule has 0 radical (unpaired) electrons. The van der Waals surface area contributed by atoms with Crippen LogP contribution < -0.4 is 31.1 Å². The quantitative estimate of drug-likeness (QED) is 0.161. The van der Waals surface area contributed by atoms with Crippen LogP contribution in [0.25, 0.3) is 21.9 Å². The van der Waals surface area contributed by atoms with Crippen molar-refractivity contribution in [3.05, 3.63) is 187 Å². The Hall–Kier alpha value is -6.52. The molecule has 4 heteroatoms. The number of hydrogen-bond acceptors (Lipinski definition) is 3. The zero-order chi connectivity index (χ0) is 42.0. The summed E-state index contributed by atoms with van der Waals surface area (Å²) in [5, 5.41) is 2.53. The SMILES string of the molecule is CC(C)(C)c1cc2c3c(c1)N1c4c(cccc4C4(C)CCCCC14C)B3c1cc(N(c3ccccc3)c3ccc(-c4cccc5ccccc45)cc3)ccc1N2c1ccccc1. The van der Waals surface area contributed by atoms with Gasteiger partial charge in [-0.25, -0.2) is 0 Å². The molecule has 0 N–H and O–H groups in total. The van der Waals surface area contributed by atoms with Crippen molar-refractivity contribution < 1.29 is 0 Å². The third kappa shape index (κ3) is 5.25. The average Bonchev–Trinajstić information content (AvgIpc) is 3.51. The van der Waals surface area contributed by atoms with Crippen molar-refractivity contribution >= 4 is 79.4 Å². The molecular formula is C58H52BN3. The van der Waals surface area contributed by atoms with Crippen LogP contribution in [-0.2, 0) is 10.8 Å². The molecule has 2 unspecified atom stereocenters. The lowest BCUT2D eigenvalue weighted by Gasteiger charge is -2.53. The van der Waals surface area contributed by atoms with Gasteiger partial charge >= 0.3 is 0 Å². The van der Waals surface area contributed by atoms with Crippen LogP contribution >= 0.6 is 0 Å². The van der Waals surface area contributed by atoms with E-state index in [1.165, 1.54) is 104 Å². The van der Waals surface area contributed by atoms with Gasteiger partial charge < -0.3 is 14.7 Å². The predicted molar refractivity (Wildman–Crippen MR) is 265 cm³/mol. The highest BCUT2D eigenvalue weighted by atomic mass is 15.3. The molecule has 3 aliphatic heterocycles. The van der Waals surface area contributed by atoms with Crippen LogP contribution in [-0.4, -0.2) is 12.3 Å². The summed E-state index contributed by atoms with van der Waals surface area (Å²) in [6.07, 6.45) is 4.94. The Labute approximate surface area is 367 Å². The van der Waals surface area contributed by atoms with E-state index in [1.807, 2.05) is 0 Å². The van der Waals surface area contributed by atoms with Crippen LogP contribution in [0.3, 0.4) is 0 Å². The number of benzene rings is 8. The maximum atomic E-state index is 2.85. The van der Waals surface area contributed by atoms with Crippen molar-refractivity contribution in [2.24, 2.45) is 0 Å². The predicted octanol–water partition coefficient (Wildman–Crippen LogP) is 13.6. The van der Waals surface area contributed by atoms with E-state index in [0.29, 0.717) is 0 Å². The van der Waals surface area contributed by atoms with Gasteiger partial charge in [-0.2, -0.15) is 0 Å². The first kappa shape index (κ1) is 37.3. The Kier molecular flexibility index (Phi) is 8.11. The van der Waals surface area contributed by atoms with Crippen molar-refractivity contribution in [3.8, 4) is 11.1 Å². The number of rotatable bonds is 5. The van der Waals surface area contributed by atoms with E-state index in [2.05, 4.69) is 225 Å². The van der Waals surface area contributed by atoms with Crippen molar-refractivity contribution in [3.63, 3.8) is 0 Å². The molecule has 12 rings (SSSR count). The van der Waals surface area contributed by atoms with Gasteiger partial charge in [-0.1, -0.05) is 150 Å². The van der Waals surface area contributed by atoms with Gasteiger partial charge in [0.25, 0.3) is 6.71 Å². The maximum absolute atomic E-state index is 2.85. The fraction of sp³-hybridized carbons (Fsp3) is 0.207. The maximum Gasteiger partial charge on any atom is 0.252 e. The zero-order valence-corrected chi connectivity index (χ0v) is 36.5. The topological polar surface area (TPSA) is 9.72 Å². The zero-order valence-electron chi connectivity index (χ0n) is 36.5. The van der Waals surface area contributed by atoms with E-state index in [9.17, 15) is 0 Å². The molecule has 8 aromatic rings. The lowest BCUT2D eigenvalue weighted by Crippen LogP contribution is -2.64. The molecular weight excluding hydrogens is 749 g/mol. The summed E-state index contributed by atoms with van der Waals surface area (Å²) in [7, 11) is 0. The molecule has 1 saturated carbocycles. The van der Waals surface area contributed by atoms with E-state index in [-0.39, 0.29) is 23.1 Å². The van der Waals surface area contributed by atoms with Gasteiger partial charge in [0.2, 0.25) is 0 Å². The highest BCUT2D eigenvalue weighted by Crippen LogP contribution is 2.62. The van der Waals surface area contributed by atoms with Gasteiger partial charge in [0.05, 0.1) is 5.54 Å². The Bertz CT molecular complexity index is 3060. The van der Waals surface area contributed by atoms with Gasteiger partial charge in [0.15, 0.2) is 0 Å². The summed E-state index contributed by atoms with van der Waals surface area (Å²) in [4.78, 5) is 7.87. The number of fused-ring (bicyclic) bond motifs is 8. The fourth-order valence-electron chi connectivity index (χ4n) is 12.0. The van der Waals surface area contributed by atoms with E-state index < -0.39 is 0 Å². The second-order valence-electron chi connectivity index (χ2n) is 19.7. The van der Waals surface area contributed by atoms with Crippen LogP contribution in [0, 0.1) is 0 Å². The third-order valence-corrected chi connectivity index (χ3v) is 15.3. The summed E-state index contributed by atoms with van der Waals surface area (Å²) < 4.78 is 0. The Morgan fingerprint density at radius 1 is 0.565 bits per heavy atom. The van der Waals surface area contributed by atoms with Gasteiger partial charge in [-0.15, -0.1) is 0 Å². The molecule has 0 saturated heterocycles. The fourth-order valence-corrected chi connectivity index (χ4v) is 12.0. The summed E-state index contributed by atoms with van der Waals surface area (Å²) in [5.74, 6) is 0. The van der Waals surface area contributed by atoms with E-state index in [0.717, 1.165) is 17.1 Å². The van der Waals surface area contributed by atoms with Gasteiger partial charge in [-0.3, -0.25) is 0 Å². The lowest BCUT2D eigenvalue weighted by atomic mass is 9.33. The highest BCUT2D eigenvalue weighted by Gasteiger charge is 2.61. The largest absolute Gasteiger partial charge is 0.335 e. The highest BCUT2D eigenvalue weighted by molar-refractivity contribution is 7.00. The van der Waals surface area contributed by atoms with E-state index in [4.69, 9.17) is 0 Å². The molecule has 1 aliphatic carbocycles. The standard InChI is InChI=1S/C58H52BN3/c1-56(2,3)41-36-52-54-53(37-41)62-55-48(57(4)34-14-15-35-58(57,62)5)26-17-27-49(55)59(54)50-38-45(32-33-51(50)61(52)43-22-10-7-11-23-43)60(42-20-8-6-9-21-42)44-30-28-40(29-31-44)47-25-16-19-39-18-12-13-24-46(39)47/h6-13,16-33,36-38H,14-15,34-35H2,1-5H3. The Morgan fingerprint density at radius 2 is 1.23 bits per heavy atom. The molecule has 3 nitrogen and oxygen atoms in total. The summed E-state index contributed by atoms with van der Waals surface area (Å²) in [6, 6.07) is 66.1. The second kappa shape index (κ2) is 13.5. The minimum Gasteiger partial charge on any atom is -0.335 e. The van der Waals surface area contributed by atoms with Crippen LogP contribution in [0.2, 0.25) is 0 Å². The van der Waals surface area contributed by atoms with Crippen molar-refractivity contribution in [1.82, 2.24) is 0 Å². The molecule has 0 spiro atoms. The number of nitrogens with zero attached hydrogens (tertiary/aromatic N) is 3. The lowest BCUT2D eigenvalue weighted by molar-refractivity contribution is 0.195. The third-order valence-electron chi connectivity index (χ3n) is 15.3. The van der Waals surface area contributed by atoms with Crippen LogP contribution in [0.4, 0.5) is 45.5 Å². The minimum absolute atomic E-state index is 0.0268. The summed E-state index contributed by atoms with van der Waals surface area (Å²) >= 11 is 0. The molecule has 0 amide bonds. The van der Waals surface area contributed by atoms with Crippen molar-refractivity contribution in [2.75, 3.05) is 14.7 Å². The summed E-state index contributed by atoms with van der Waals surface area (Å²) in [5.41, 5.74) is 19.6. The van der Waals surface area contributed by atoms with Crippen LogP contribution in [0.15, 0.2) is 176 Å². The number of anilines is 8. The number of hydrogen-bond donors (Lipinski definition) is 0. The van der Waals surface area contributed by atoms with E-state index in [1.54, 1.807) is 0 Å². The molecule has 0 bridgehead atoms. The normalized spacial score (nSPS) is 19.5. The van der Waals surface area contributed by atoms with Crippen molar-refractivity contribution in [1.29, 1.82) is 0 Å². The molecule has 2 atom stereocenters. The molecule has 8 aromatic carbocycles. The molecule has 62 heavy (non-hydrogen) atoms. The van der Waals surface area contributed by atoms with E-state index >= 15 is 0 Å². The first-order valence-electron chi connectivity index (χ1n) is 22.7.